The number of rotatable bonds is 3. The normalized spacial score (nSPS) is 14.4. The van der Waals surface area contributed by atoms with Crippen LogP contribution in [0.15, 0.2) is 48.5 Å². The second kappa shape index (κ2) is 8.65. The highest BCUT2D eigenvalue weighted by atomic mass is 19.1. The Labute approximate surface area is 162 Å². The first kappa shape index (κ1) is 19.5. The smallest absolute Gasteiger partial charge is 0.308 e. The van der Waals surface area contributed by atoms with E-state index in [1.54, 1.807) is 34.1 Å². The maximum atomic E-state index is 13.4. The lowest BCUT2D eigenvalue weighted by Gasteiger charge is -2.22. The lowest BCUT2D eigenvalue weighted by Crippen LogP contribution is -2.37. The van der Waals surface area contributed by atoms with Crippen molar-refractivity contribution in [2.75, 3.05) is 26.2 Å². The standard InChI is InChI=1S/C21H21FN2O4/c1-15(25)28-19-8-3-6-17(14-19)21(27)24-10-4-9-23(11-12-24)20(26)16-5-2-7-18(22)13-16/h2-3,5-8,13-14H,4,9-12H2,1H3. The van der Waals surface area contributed by atoms with E-state index in [4.69, 9.17) is 4.74 Å². The van der Waals surface area contributed by atoms with Gasteiger partial charge in [0.25, 0.3) is 11.8 Å². The Balaban J connectivity index is 1.67. The van der Waals surface area contributed by atoms with Crippen LogP contribution in [0.25, 0.3) is 0 Å². The molecule has 0 radical (unpaired) electrons. The van der Waals surface area contributed by atoms with Gasteiger partial charge in [0.05, 0.1) is 0 Å². The third-order valence-electron chi connectivity index (χ3n) is 4.48. The zero-order valence-corrected chi connectivity index (χ0v) is 15.6. The zero-order chi connectivity index (χ0) is 20.1. The van der Waals surface area contributed by atoms with Gasteiger partial charge in [-0.2, -0.15) is 0 Å². The van der Waals surface area contributed by atoms with E-state index in [2.05, 4.69) is 0 Å². The number of benzene rings is 2. The lowest BCUT2D eigenvalue weighted by atomic mass is 10.2. The lowest BCUT2D eigenvalue weighted by molar-refractivity contribution is -0.131. The van der Waals surface area contributed by atoms with Crippen molar-refractivity contribution in [1.29, 1.82) is 0 Å². The van der Waals surface area contributed by atoms with Gasteiger partial charge in [0.2, 0.25) is 0 Å². The van der Waals surface area contributed by atoms with Gasteiger partial charge >= 0.3 is 5.97 Å². The highest BCUT2D eigenvalue weighted by molar-refractivity contribution is 5.95. The molecule has 1 saturated heterocycles. The zero-order valence-electron chi connectivity index (χ0n) is 15.6. The Kier molecular flexibility index (Phi) is 6.03. The van der Waals surface area contributed by atoms with Crippen LogP contribution in [0, 0.1) is 5.82 Å². The number of hydrogen-bond donors (Lipinski definition) is 0. The first-order valence-corrected chi connectivity index (χ1v) is 9.06. The van der Waals surface area contributed by atoms with Crippen LogP contribution >= 0.6 is 0 Å². The average Bonchev–Trinajstić information content (AvgIpc) is 2.93. The second-order valence-corrected chi connectivity index (χ2v) is 6.57. The first-order chi connectivity index (χ1) is 13.4. The van der Waals surface area contributed by atoms with Crippen LogP contribution in [0.2, 0.25) is 0 Å². The van der Waals surface area contributed by atoms with Gasteiger partial charge in [-0.05, 0) is 42.8 Å². The summed E-state index contributed by atoms with van der Waals surface area (Å²) in [5.74, 6) is -1.02. The van der Waals surface area contributed by atoms with Crippen molar-refractivity contribution >= 4 is 17.8 Å². The highest BCUT2D eigenvalue weighted by Crippen LogP contribution is 2.17. The average molecular weight is 384 g/mol. The summed E-state index contributed by atoms with van der Waals surface area (Å²) < 4.78 is 18.4. The van der Waals surface area contributed by atoms with Crippen molar-refractivity contribution in [3.8, 4) is 5.75 Å². The summed E-state index contributed by atoms with van der Waals surface area (Å²) in [5, 5.41) is 0. The van der Waals surface area contributed by atoms with Gasteiger partial charge in [-0.1, -0.05) is 12.1 Å². The van der Waals surface area contributed by atoms with Gasteiger partial charge in [-0.25, -0.2) is 4.39 Å². The van der Waals surface area contributed by atoms with E-state index in [1.165, 1.54) is 31.2 Å². The quantitative estimate of drug-likeness (QED) is 0.603. The Morgan fingerprint density at radius 2 is 1.43 bits per heavy atom. The molecule has 146 valence electrons. The van der Waals surface area contributed by atoms with Crippen LogP contribution < -0.4 is 4.74 Å². The number of hydrogen-bond acceptors (Lipinski definition) is 4. The number of carbonyl (C=O) groups excluding carboxylic acids is 3. The summed E-state index contributed by atoms with van der Waals surface area (Å²) in [4.78, 5) is 39.8. The SMILES string of the molecule is CC(=O)Oc1cccc(C(=O)N2CCCN(C(=O)c3cccc(F)c3)CC2)c1. The molecule has 2 amide bonds. The molecule has 0 bridgehead atoms. The van der Waals surface area contributed by atoms with Crippen molar-refractivity contribution in [2.45, 2.75) is 13.3 Å². The third kappa shape index (κ3) is 4.73. The largest absolute Gasteiger partial charge is 0.427 e. The monoisotopic (exact) mass is 384 g/mol. The number of esters is 1. The molecule has 3 rings (SSSR count). The molecule has 0 saturated carbocycles. The van der Waals surface area contributed by atoms with E-state index < -0.39 is 11.8 Å². The fraction of sp³-hybridized carbons (Fsp3) is 0.286. The summed E-state index contributed by atoms with van der Waals surface area (Å²) >= 11 is 0. The van der Waals surface area contributed by atoms with Crippen LogP contribution in [-0.4, -0.2) is 53.8 Å². The molecule has 28 heavy (non-hydrogen) atoms. The van der Waals surface area contributed by atoms with E-state index in [9.17, 15) is 18.8 Å². The fourth-order valence-electron chi connectivity index (χ4n) is 3.17. The fourth-order valence-corrected chi connectivity index (χ4v) is 3.17. The number of carbonyl (C=O) groups is 3. The van der Waals surface area contributed by atoms with Crippen LogP contribution in [0.5, 0.6) is 5.75 Å². The summed E-state index contributed by atoms with van der Waals surface area (Å²) in [5.41, 5.74) is 0.720. The molecule has 1 aliphatic heterocycles. The minimum absolute atomic E-state index is 0.186. The molecule has 1 aliphatic rings. The van der Waals surface area contributed by atoms with Crippen molar-refractivity contribution in [2.24, 2.45) is 0 Å². The number of amides is 2. The van der Waals surface area contributed by atoms with Gasteiger partial charge in [0.15, 0.2) is 0 Å². The van der Waals surface area contributed by atoms with Crippen molar-refractivity contribution < 1.29 is 23.5 Å². The number of ether oxygens (including phenoxy) is 1. The second-order valence-electron chi connectivity index (χ2n) is 6.57. The van der Waals surface area contributed by atoms with Gasteiger partial charge in [0, 0.05) is 44.2 Å². The minimum Gasteiger partial charge on any atom is -0.427 e. The molecular weight excluding hydrogens is 363 g/mol. The molecule has 0 unspecified atom stereocenters. The van der Waals surface area contributed by atoms with Gasteiger partial charge < -0.3 is 14.5 Å². The third-order valence-corrected chi connectivity index (χ3v) is 4.48. The van der Waals surface area contributed by atoms with Crippen LogP contribution in [0.3, 0.4) is 0 Å². The van der Waals surface area contributed by atoms with Gasteiger partial charge in [-0.3, -0.25) is 14.4 Å². The molecule has 0 spiro atoms. The van der Waals surface area contributed by atoms with Crippen LogP contribution in [-0.2, 0) is 4.79 Å². The number of nitrogens with zero attached hydrogens (tertiary/aromatic N) is 2. The molecule has 0 aromatic heterocycles. The first-order valence-electron chi connectivity index (χ1n) is 9.06. The molecule has 1 fully saturated rings. The van der Waals surface area contributed by atoms with E-state index in [-0.39, 0.29) is 11.8 Å². The Hall–Kier alpha value is -3.22. The Morgan fingerprint density at radius 3 is 2.00 bits per heavy atom. The van der Waals surface area contributed by atoms with E-state index in [0.29, 0.717) is 49.5 Å². The molecule has 2 aromatic rings. The van der Waals surface area contributed by atoms with Crippen LogP contribution in [0.1, 0.15) is 34.1 Å². The maximum Gasteiger partial charge on any atom is 0.308 e. The molecule has 6 nitrogen and oxygen atoms in total. The Bertz CT molecular complexity index is 899. The molecule has 0 atom stereocenters. The van der Waals surface area contributed by atoms with Crippen molar-refractivity contribution in [3.05, 3.63) is 65.5 Å². The molecular formula is C21H21FN2O4. The molecule has 7 heteroatoms. The maximum absolute atomic E-state index is 13.4. The van der Waals surface area contributed by atoms with E-state index >= 15 is 0 Å². The number of halogens is 1. The predicted molar refractivity (Wildman–Crippen MR) is 101 cm³/mol. The molecule has 1 heterocycles. The van der Waals surface area contributed by atoms with E-state index in [0.717, 1.165) is 0 Å². The topological polar surface area (TPSA) is 66.9 Å². The Morgan fingerprint density at radius 1 is 0.857 bits per heavy atom. The molecule has 0 aliphatic carbocycles. The highest BCUT2D eigenvalue weighted by Gasteiger charge is 2.24. The minimum atomic E-state index is -0.454. The summed E-state index contributed by atoms with van der Waals surface area (Å²) in [7, 11) is 0. The summed E-state index contributed by atoms with van der Waals surface area (Å²) in [6.45, 7) is 3.03. The summed E-state index contributed by atoms with van der Waals surface area (Å²) in [6.07, 6.45) is 0.621. The molecule has 0 N–H and O–H groups in total. The van der Waals surface area contributed by atoms with Gasteiger partial charge in [-0.15, -0.1) is 0 Å². The predicted octanol–water partition coefficient (Wildman–Crippen LogP) is 2.74. The van der Waals surface area contributed by atoms with Crippen molar-refractivity contribution in [3.63, 3.8) is 0 Å². The van der Waals surface area contributed by atoms with Gasteiger partial charge in [0.1, 0.15) is 11.6 Å². The molecule has 2 aromatic carbocycles. The van der Waals surface area contributed by atoms with Crippen LogP contribution in [0.4, 0.5) is 4.39 Å². The summed E-state index contributed by atoms with van der Waals surface area (Å²) in [6, 6.07) is 12.1. The van der Waals surface area contributed by atoms with E-state index in [1.807, 2.05) is 0 Å². The van der Waals surface area contributed by atoms with Crippen molar-refractivity contribution in [1.82, 2.24) is 9.80 Å².